The molecule has 2 aliphatic rings. The summed E-state index contributed by atoms with van der Waals surface area (Å²) in [4.78, 5) is 35.2. The van der Waals surface area contributed by atoms with Crippen LogP contribution in [0.15, 0.2) is 42.9 Å². The molecule has 0 atom stereocenters. The number of halogens is 4. The van der Waals surface area contributed by atoms with Crippen molar-refractivity contribution in [1.29, 1.82) is 0 Å². The number of nitrogens with one attached hydrogen (secondary N) is 2. The summed E-state index contributed by atoms with van der Waals surface area (Å²) in [5.74, 6) is 0.389. The SMILES string of the molecule is Cc1ccc(C(=O)Nc2cc(CN3CCCC3)c(Cl)c(C(F)(F)F)c2)cc1Nc1ncnc2cnc(N3CCOCC3)nc12. The van der Waals surface area contributed by atoms with E-state index in [2.05, 4.69) is 30.5 Å². The summed E-state index contributed by atoms with van der Waals surface area (Å²) in [5, 5.41) is 5.55. The minimum absolute atomic E-state index is 0.0187. The number of hydrogen-bond acceptors (Lipinski definition) is 9. The Morgan fingerprint density at radius 2 is 1.82 bits per heavy atom. The molecule has 2 N–H and O–H groups in total. The van der Waals surface area contributed by atoms with Gasteiger partial charge in [-0.05, 0) is 68.2 Å². The Labute approximate surface area is 256 Å². The molecule has 44 heavy (non-hydrogen) atoms. The number of carbonyl (C=O) groups is 1. The van der Waals surface area contributed by atoms with Crippen LogP contribution in [0.1, 0.15) is 39.9 Å². The number of carbonyl (C=O) groups excluding carboxylic acids is 1. The maximum absolute atomic E-state index is 13.9. The lowest BCUT2D eigenvalue weighted by Crippen LogP contribution is -2.37. The van der Waals surface area contributed by atoms with E-state index in [0.29, 0.717) is 60.4 Å². The molecule has 4 heterocycles. The van der Waals surface area contributed by atoms with Crippen LogP contribution in [0, 0.1) is 6.92 Å². The van der Waals surface area contributed by atoms with Crippen molar-refractivity contribution in [3.05, 3.63) is 70.1 Å². The van der Waals surface area contributed by atoms with Gasteiger partial charge in [0.25, 0.3) is 5.91 Å². The number of likely N-dealkylation sites (tertiary alicyclic amines) is 1. The van der Waals surface area contributed by atoms with E-state index in [9.17, 15) is 18.0 Å². The molecule has 6 rings (SSSR count). The lowest BCUT2D eigenvalue weighted by atomic mass is 10.1. The molecule has 0 bridgehead atoms. The highest BCUT2D eigenvalue weighted by Gasteiger charge is 2.35. The van der Waals surface area contributed by atoms with E-state index in [0.717, 1.165) is 37.6 Å². The van der Waals surface area contributed by atoms with Gasteiger partial charge in [-0.15, -0.1) is 0 Å². The molecule has 0 aliphatic carbocycles. The maximum Gasteiger partial charge on any atom is 0.417 e. The monoisotopic (exact) mass is 626 g/mol. The first-order valence-electron chi connectivity index (χ1n) is 14.3. The largest absolute Gasteiger partial charge is 0.417 e. The van der Waals surface area contributed by atoms with Gasteiger partial charge in [0.1, 0.15) is 17.4 Å². The molecule has 1 amide bonds. The number of ether oxygens (including phenoxy) is 1. The van der Waals surface area contributed by atoms with E-state index in [-0.39, 0.29) is 22.8 Å². The molecule has 4 aromatic rings. The van der Waals surface area contributed by atoms with Gasteiger partial charge in [-0.1, -0.05) is 17.7 Å². The number of amides is 1. The molecule has 0 spiro atoms. The molecule has 2 aliphatic heterocycles. The number of nitrogens with zero attached hydrogens (tertiary/aromatic N) is 6. The Bertz CT molecular complexity index is 1690. The van der Waals surface area contributed by atoms with Gasteiger partial charge in [-0.2, -0.15) is 13.2 Å². The molecule has 0 saturated carbocycles. The number of benzene rings is 2. The highest BCUT2D eigenvalue weighted by Crippen LogP contribution is 2.39. The summed E-state index contributed by atoms with van der Waals surface area (Å²) in [7, 11) is 0. The number of alkyl halides is 3. The third-order valence-electron chi connectivity index (χ3n) is 7.72. The van der Waals surface area contributed by atoms with E-state index in [4.69, 9.17) is 21.3 Å². The van der Waals surface area contributed by atoms with Crippen molar-refractivity contribution in [2.24, 2.45) is 0 Å². The van der Waals surface area contributed by atoms with Crippen molar-refractivity contribution in [2.75, 3.05) is 54.9 Å². The van der Waals surface area contributed by atoms with Gasteiger partial charge >= 0.3 is 6.18 Å². The van der Waals surface area contributed by atoms with Gasteiger partial charge in [0, 0.05) is 36.6 Å². The van der Waals surface area contributed by atoms with Gasteiger partial charge < -0.3 is 20.3 Å². The number of anilines is 4. The molecule has 230 valence electrons. The first-order valence-corrected chi connectivity index (χ1v) is 14.6. The predicted molar refractivity (Wildman–Crippen MR) is 162 cm³/mol. The van der Waals surface area contributed by atoms with Crippen LogP contribution in [0.25, 0.3) is 11.0 Å². The molecule has 0 radical (unpaired) electrons. The molecule has 2 aromatic carbocycles. The van der Waals surface area contributed by atoms with Crippen molar-refractivity contribution in [2.45, 2.75) is 32.5 Å². The highest BCUT2D eigenvalue weighted by molar-refractivity contribution is 6.32. The fourth-order valence-corrected chi connectivity index (χ4v) is 5.62. The zero-order chi connectivity index (χ0) is 30.8. The first-order chi connectivity index (χ1) is 21.2. The number of hydrogen-bond donors (Lipinski definition) is 2. The van der Waals surface area contributed by atoms with Crippen molar-refractivity contribution >= 4 is 51.7 Å². The van der Waals surface area contributed by atoms with Crippen molar-refractivity contribution < 1.29 is 22.7 Å². The number of morpholine rings is 1. The van der Waals surface area contributed by atoms with Gasteiger partial charge in [0.15, 0.2) is 5.82 Å². The molecule has 14 heteroatoms. The minimum atomic E-state index is -4.68. The smallest absolute Gasteiger partial charge is 0.378 e. The maximum atomic E-state index is 13.9. The summed E-state index contributed by atoms with van der Waals surface area (Å²) in [6, 6.07) is 7.36. The Kier molecular flexibility index (Phi) is 8.52. The molecular weight excluding hydrogens is 597 g/mol. The van der Waals surface area contributed by atoms with E-state index >= 15 is 0 Å². The molecular formula is C30H30ClF3N8O2. The summed E-state index contributed by atoms with van der Waals surface area (Å²) in [5.41, 5.74) is 2.03. The highest BCUT2D eigenvalue weighted by atomic mass is 35.5. The van der Waals surface area contributed by atoms with E-state index < -0.39 is 17.6 Å². The third kappa shape index (κ3) is 6.54. The van der Waals surface area contributed by atoms with Gasteiger partial charge in [0.2, 0.25) is 5.95 Å². The van der Waals surface area contributed by atoms with Crippen LogP contribution in [0.2, 0.25) is 5.02 Å². The van der Waals surface area contributed by atoms with Crippen LogP contribution in [-0.2, 0) is 17.5 Å². The average molecular weight is 627 g/mol. The van der Waals surface area contributed by atoms with Crippen molar-refractivity contribution in [1.82, 2.24) is 24.8 Å². The number of rotatable bonds is 7. The van der Waals surface area contributed by atoms with E-state index in [1.54, 1.807) is 24.4 Å². The quantitative estimate of drug-likeness (QED) is 0.262. The Balaban J connectivity index is 1.26. The molecule has 10 nitrogen and oxygen atoms in total. The van der Waals surface area contributed by atoms with Gasteiger partial charge in [-0.25, -0.2) is 19.9 Å². The standard InChI is InChI=1S/C30H30ClF3N8O2/c1-18-4-5-19(28(43)38-21-12-20(16-41-6-2-3-7-41)25(31)22(14-21)30(32,33)34)13-23(18)39-27-26-24(36-17-37-27)15-35-29(40-26)42-8-10-44-11-9-42/h4-5,12-15,17H,2-3,6-11,16H2,1H3,(H,38,43)(H,36,37,39). The fraction of sp³-hybridized carbons (Fsp3) is 0.367. The van der Waals surface area contributed by atoms with Gasteiger partial charge in [0.05, 0.1) is 30.0 Å². The summed E-state index contributed by atoms with van der Waals surface area (Å²) >= 11 is 6.21. The van der Waals surface area contributed by atoms with E-state index in [1.807, 2.05) is 11.8 Å². The molecule has 2 aromatic heterocycles. The molecule has 0 unspecified atom stereocenters. The summed E-state index contributed by atoms with van der Waals surface area (Å²) < 4.78 is 47.1. The summed E-state index contributed by atoms with van der Waals surface area (Å²) in [6.07, 6.45) is 0.320. The first kappa shape index (κ1) is 30.0. The van der Waals surface area contributed by atoms with Crippen LogP contribution in [-0.4, -0.2) is 70.1 Å². The summed E-state index contributed by atoms with van der Waals surface area (Å²) in [6.45, 7) is 6.20. The number of aromatic nitrogens is 4. The van der Waals surface area contributed by atoms with Crippen LogP contribution in [0.4, 0.5) is 36.3 Å². The van der Waals surface area contributed by atoms with E-state index in [1.165, 1.54) is 12.4 Å². The Hall–Kier alpha value is -4.07. The van der Waals surface area contributed by atoms with Crippen molar-refractivity contribution in [3.63, 3.8) is 0 Å². The predicted octanol–water partition coefficient (Wildman–Crippen LogP) is 5.83. The van der Waals surface area contributed by atoms with Crippen LogP contribution >= 0.6 is 11.6 Å². The van der Waals surface area contributed by atoms with Gasteiger partial charge in [-0.3, -0.25) is 9.69 Å². The minimum Gasteiger partial charge on any atom is -0.378 e. The Morgan fingerprint density at radius 3 is 2.57 bits per heavy atom. The Morgan fingerprint density at radius 1 is 1.05 bits per heavy atom. The van der Waals surface area contributed by atoms with Crippen LogP contribution in [0.5, 0.6) is 0 Å². The molecule has 2 saturated heterocycles. The normalized spacial score (nSPS) is 16.0. The number of aryl methyl sites for hydroxylation is 1. The van der Waals surface area contributed by atoms with Crippen molar-refractivity contribution in [3.8, 4) is 0 Å². The second kappa shape index (κ2) is 12.5. The fourth-order valence-electron chi connectivity index (χ4n) is 5.34. The second-order valence-corrected chi connectivity index (χ2v) is 11.2. The van der Waals surface area contributed by atoms with Crippen LogP contribution < -0.4 is 15.5 Å². The zero-order valence-electron chi connectivity index (χ0n) is 23.9. The zero-order valence-corrected chi connectivity index (χ0v) is 24.7. The lowest BCUT2D eigenvalue weighted by Gasteiger charge is -2.26. The molecule has 2 fully saturated rings. The lowest BCUT2D eigenvalue weighted by molar-refractivity contribution is -0.137. The third-order valence-corrected chi connectivity index (χ3v) is 8.16. The number of fused-ring (bicyclic) bond motifs is 1. The second-order valence-electron chi connectivity index (χ2n) is 10.8. The van der Waals surface area contributed by atoms with Crippen LogP contribution in [0.3, 0.4) is 0 Å². The topological polar surface area (TPSA) is 108 Å². The average Bonchev–Trinajstić information content (AvgIpc) is 3.53.